The average Bonchev–Trinajstić information content (AvgIpc) is 3.18. The van der Waals surface area contributed by atoms with Crippen molar-refractivity contribution in [3.63, 3.8) is 0 Å². The Morgan fingerprint density at radius 2 is 0.722 bits per heavy atom. The molecule has 2 atom stereocenters. The SMILES string of the molecule is CC(C)c1cccc(C(C)C)c1C1c2cccc3cccc(c23)C1c1c(C(C)C)cccc1C(C)C. The monoisotopic (exact) mass is 474 g/mol. The summed E-state index contributed by atoms with van der Waals surface area (Å²) in [6.07, 6.45) is 0. The number of benzene rings is 4. The largest absolute Gasteiger partial charge is 0.0617 e. The zero-order valence-corrected chi connectivity index (χ0v) is 23.4. The van der Waals surface area contributed by atoms with Gasteiger partial charge in [0.25, 0.3) is 0 Å². The predicted molar refractivity (Wildman–Crippen MR) is 157 cm³/mol. The Balaban J connectivity index is 1.94. The molecule has 0 heteroatoms. The van der Waals surface area contributed by atoms with Gasteiger partial charge in [-0.2, -0.15) is 0 Å². The minimum absolute atomic E-state index is 0.319. The van der Waals surface area contributed by atoms with Gasteiger partial charge in [0.1, 0.15) is 0 Å². The molecular weight excluding hydrogens is 432 g/mol. The average molecular weight is 475 g/mol. The molecule has 0 spiro atoms. The summed E-state index contributed by atoms with van der Waals surface area (Å²) in [4.78, 5) is 0. The van der Waals surface area contributed by atoms with E-state index in [-0.39, 0.29) is 0 Å². The molecule has 5 rings (SSSR count). The molecule has 0 amide bonds. The Hall–Kier alpha value is -2.86. The summed E-state index contributed by atoms with van der Waals surface area (Å²) >= 11 is 0. The number of rotatable bonds is 6. The maximum Gasteiger partial charge on any atom is 0.0211 e. The van der Waals surface area contributed by atoms with Crippen molar-refractivity contribution < 1.29 is 0 Å². The molecule has 0 aromatic heterocycles. The van der Waals surface area contributed by atoms with Crippen LogP contribution in [0.5, 0.6) is 0 Å². The van der Waals surface area contributed by atoms with E-state index in [1.165, 1.54) is 44.2 Å². The van der Waals surface area contributed by atoms with Crippen LogP contribution in [0.1, 0.15) is 135 Å². The summed E-state index contributed by atoms with van der Waals surface area (Å²) in [7, 11) is 0. The highest BCUT2D eigenvalue weighted by Crippen LogP contribution is 2.57. The smallest absolute Gasteiger partial charge is 0.0211 e. The number of hydrogen-bond donors (Lipinski definition) is 0. The Kier molecular flexibility index (Phi) is 6.58. The van der Waals surface area contributed by atoms with E-state index in [1.54, 1.807) is 11.1 Å². The van der Waals surface area contributed by atoms with Crippen molar-refractivity contribution in [1.29, 1.82) is 0 Å². The molecule has 186 valence electrons. The van der Waals surface area contributed by atoms with Crippen molar-refractivity contribution >= 4 is 10.8 Å². The Morgan fingerprint density at radius 3 is 1.03 bits per heavy atom. The molecule has 0 aliphatic heterocycles. The zero-order chi connectivity index (χ0) is 25.7. The lowest BCUT2D eigenvalue weighted by Crippen LogP contribution is -2.18. The first kappa shape index (κ1) is 24.8. The third kappa shape index (κ3) is 3.90. The van der Waals surface area contributed by atoms with E-state index in [1.807, 2.05) is 0 Å². The fourth-order valence-corrected chi connectivity index (χ4v) is 6.86. The van der Waals surface area contributed by atoms with Gasteiger partial charge in [0.05, 0.1) is 0 Å². The summed E-state index contributed by atoms with van der Waals surface area (Å²) in [6, 6.07) is 28.1. The van der Waals surface area contributed by atoms with Crippen LogP contribution in [-0.2, 0) is 0 Å². The van der Waals surface area contributed by atoms with Crippen LogP contribution in [-0.4, -0.2) is 0 Å². The van der Waals surface area contributed by atoms with Gasteiger partial charge < -0.3 is 0 Å². The molecule has 0 N–H and O–H groups in total. The molecule has 4 aromatic rings. The molecule has 0 saturated carbocycles. The molecule has 0 fully saturated rings. The quantitative estimate of drug-likeness (QED) is 0.261. The van der Waals surface area contributed by atoms with Crippen LogP contribution in [0.2, 0.25) is 0 Å². The Morgan fingerprint density at radius 1 is 0.417 bits per heavy atom. The minimum atomic E-state index is 0.319. The topological polar surface area (TPSA) is 0 Å². The van der Waals surface area contributed by atoms with Gasteiger partial charge in [0, 0.05) is 11.8 Å². The Bertz CT molecular complexity index is 1240. The molecule has 0 nitrogen and oxygen atoms in total. The van der Waals surface area contributed by atoms with Gasteiger partial charge in [-0.05, 0) is 79.0 Å². The molecule has 1 aliphatic carbocycles. The Labute approximate surface area is 218 Å². The molecule has 0 radical (unpaired) electrons. The first-order valence-electron chi connectivity index (χ1n) is 14.0. The van der Waals surface area contributed by atoms with Crippen molar-refractivity contribution in [2.24, 2.45) is 0 Å². The summed E-state index contributed by atoms with van der Waals surface area (Å²) in [5.74, 6) is 2.55. The van der Waals surface area contributed by atoms with E-state index < -0.39 is 0 Å². The van der Waals surface area contributed by atoms with Crippen molar-refractivity contribution in [2.75, 3.05) is 0 Å². The molecule has 0 bridgehead atoms. The zero-order valence-electron chi connectivity index (χ0n) is 23.4. The molecule has 2 unspecified atom stereocenters. The minimum Gasteiger partial charge on any atom is -0.0617 e. The maximum atomic E-state index is 2.42. The first-order valence-corrected chi connectivity index (χ1v) is 14.0. The van der Waals surface area contributed by atoms with Gasteiger partial charge in [-0.3, -0.25) is 0 Å². The van der Waals surface area contributed by atoms with Crippen LogP contribution in [0, 0.1) is 0 Å². The molecule has 1 aliphatic rings. The third-order valence-electron chi connectivity index (χ3n) is 8.43. The first-order chi connectivity index (χ1) is 17.2. The normalized spacial score (nSPS) is 17.3. The summed E-state index contributed by atoms with van der Waals surface area (Å²) in [5.41, 5.74) is 12.2. The fourth-order valence-electron chi connectivity index (χ4n) is 6.86. The highest BCUT2D eigenvalue weighted by Gasteiger charge is 2.41. The lowest BCUT2D eigenvalue weighted by Gasteiger charge is -2.33. The van der Waals surface area contributed by atoms with Crippen molar-refractivity contribution in [1.82, 2.24) is 0 Å². The highest BCUT2D eigenvalue weighted by molar-refractivity contribution is 5.94. The van der Waals surface area contributed by atoms with Gasteiger partial charge in [-0.15, -0.1) is 0 Å². The molecule has 4 aromatic carbocycles. The summed E-state index contributed by atoms with van der Waals surface area (Å²) in [5, 5.41) is 2.86. The molecule has 36 heavy (non-hydrogen) atoms. The highest BCUT2D eigenvalue weighted by atomic mass is 14.4. The van der Waals surface area contributed by atoms with Gasteiger partial charge in [-0.25, -0.2) is 0 Å². The van der Waals surface area contributed by atoms with Gasteiger partial charge in [0.15, 0.2) is 0 Å². The standard InChI is InChI=1S/C36H42/c1-21(2)26-15-11-16-27(22(3)4)33(26)35-30-19-9-13-25-14-10-20-31(32(25)30)36(35)34-28(23(5)6)17-12-18-29(34)24(7)8/h9-24,35-36H,1-8H3. The fraction of sp³-hybridized carbons (Fsp3) is 0.389. The van der Waals surface area contributed by atoms with Gasteiger partial charge >= 0.3 is 0 Å². The van der Waals surface area contributed by atoms with E-state index in [2.05, 4.69) is 128 Å². The maximum absolute atomic E-state index is 2.42. The third-order valence-corrected chi connectivity index (χ3v) is 8.43. The van der Waals surface area contributed by atoms with Crippen LogP contribution in [0.25, 0.3) is 10.8 Å². The van der Waals surface area contributed by atoms with E-state index in [0.29, 0.717) is 35.5 Å². The van der Waals surface area contributed by atoms with Crippen molar-refractivity contribution in [3.05, 3.63) is 117 Å². The van der Waals surface area contributed by atoms with Crippen LogP contribution < -0.4 is 0 Å². The van der Waals surface area contributed by atoms with Crippen molar-refractivity contribution in [3.8, 4) is 0 Å². The van der Waals surface area contributed by atoms with E-state index in [4.69, 9.17) is 0 Å². The van der Waals surface area contributed by atoms with Crippen LogP contribution in [0.3, 0.4) is 0 Å². The lowest BCUT2D eigenvalue weighted by atomic mass is 9.70. The number of hydrogen-bond acceptors (Lipinski definition) is 0. The van der Waals surface area contributed by atoms with Crippen molar-refractivity contribution in [2.45, 2.75) is 90.9 Å². The predicted octanol–water partition coefficient (Wildman–Crippen LogP) is 10.6. The molecule has 0 heterocycles. The van der Waals surface area contributed by atoms with Crippen LogP contribution in [0.15, 0.2) is 72.8 Å². The van der Waals surface area contributed by atoms with Gasteiger partial charge in [0.2, 0.25) is 0 Å². The second-order valence-electron chi connectivity index (χ2n) is 12.1. The van der Waals surface area contributed by atoms with Crippen LogP contribution >= 0.6 is 0 Å². The molecular formula is C36H42. The summed E-state index contributed by atoms with van der Waals surface area (Å²) in [6.45, 7) is 18.9. The summed E-state index contributed by atoms with van der Waals surface area (Å²) < 4.78 is 0. The second-order valence-corrected chi connectivity index (χ2v) is 12.1. The van der Waals surface area contributed by atoms with E-state index in [0.717, 1.165) is 0 Å². The lowest BCUT2D eigenvalue weighted by molar-refractivity contribution is 0.660. The second kappa shape index (κ2) is 9.55. The molecule has 0 saturated heterocycles. The van der Waals surface area contributed by atoms with Gasteiger partial charge in [-0.1, -0.05) is 128 Å². The van der Waals surface area contributed by atoms with E-state index in [9.17, 15) is 0 Å². The van der Waals surface area contributed by atoms with Crippen LogP contribution in [0.4, 0.5) is 0 Å². The van der Waals surface area contributed by atoms with E-state index >= 15 is 0 Å².